The molecule has 7 heteroatoms. The van der Waals surface area contributed by atoms with Gasteiger partial charge in [-0.1, -0.05) is 42.1 Å². The minimum absolute atomic E-state index is 0.0208. The summed E-state index contributed by atoms with van der Waals surface area (Å²) < 4.78 is 0. The standard InChI is InChI=1S/C29H32N4O2S/c34-28-21-9-1-2-10-22(21)29(35)33(28)16-8-7-15-31-17-19-32(20-18-31)27-23-11-3-5-13-25(23)36-26-14-6-4-12-24(26)30-27/h3-6,11-14H,1-2,7-10,15-20H2. The predicted octanol–water partition coefficient (Wildman–Crippen LogP) is 4.87. The summed E-state index contributed by atoms with van der Waals surface area (Å²) in [6.45, 7) is 5.43. The molecule has 6 rings (SSSR count). The number of amidine groups is 1. The Morgan fingerprint density at radius 1 is 0.750 bits per heavy atom. The van der Waals surface area contributed by atoms with Crippen LogP contribution in [0.15, 0.2) is 74.5 Å². The Morgan fingerprint density at radius 3 is 2.14 bits per heavy atom. The Kier molecular flexibility index (Phi) is 6.67. The molecule has 1 saturated heterocycles. The summed E-state index contributed by atoms with van der Waals surface area (Å²) in [4.78, 5) is 39.3. The molecule has 0 bridgehead atoms. The normalized spacial score (nSPS) is 20.2. The first-order valence-corrected chi connectivity index (χ1v) is 14.0. The van der Waals surface area contributed by atoms with Crippen LogP contribution in [0.25, 0.3) is 0 Å². The van der Waals surface area contributed by atoms with Crippen molar-refractivity contribution in [1.82, 2.24) is 14.7 Å². The molecule has 0 radical (unpaired) electrons. The van der Waals surface area contributed by atoms with Gasteiger partial charge in [-0.2, -0.15) is 0 Å². The predicted molar refractivity (Wildman–Crippen MR) is 143 cm³/mol. The summed E-state index contributed by atoms with van der Waals surface area (Å²) in [6, 6.07) is 17.0. The van der Waals surface area contributed by atoms with Crippen molar-refractivity contribution in [1.29, 1.82) is 0 Å². The number of imide groups is 1. The zero-order valence-electron chi connectivity index (χ0n) is 20.6. The van der Waals surface area contributed by atoms with Gasteiger partial charge < -0.3 is 4.90 Å². The van der Waals surface area contributed by atoms with Crippen LogP contribution < -0.4 is 0 Å². The van der Waals surface area contributed by atoms with Gasteiger partial charge in [-0.15, -0.1) is 0 Å². The zero-order valence-corrected chi connectivity index (χ0v) is 21.4. The van der Waals surface area contributed by atoms with Gasteiger partial charge in [0, 0.05) is 59.2 Å². The molecule has 6 nitrogen and oxygen atoms in total. The SMILES string of the molecule is O=C1C2=C(CCCC2)C(=O)N1CCCCN1CCN(C2=Nc3ccccc3Sc3ccccc32)CC1. The van der Waals surface area contributed by atoms with Gasteiger partial charge in [0.05, 0.1) is 5.69 Å². The van der Waals surface area contributed by atoms with Crippen molar-refractivity contribution in [2.45, 2.75) is 48.3 Å². The van der Waals surface area contributed by atoms with Crippen molar-refractivity contribution in [2.24, 2.45) is 4.99 Å². The van der Waals surface area contributed by atoms with Crippen LogP contribution >= 0.6 is 11.8 Å². The second kappa shape index (κ2) is 10.2. The lowest BCUT2D eigenvalue weighted by molar-refractivity contribution is -0.137. The van der Waals surface area contributed by atoms with Gasteiger partial charge in [0.2, 0.25) is 0 Å². The van der Waals surface area contributed by atoms with Gasteiger partial charge in [-0.3, -0.25) is 19.4 Å². The number of aliphatic imine (C=N–C) groups is 1. The van der Waals surface area contributed by atoms with Crippen molar-refractivity contribution in [3.8, 4) is 0 Å². The number of fused-ring (bicyclic) bond motifs is 2. The molecule has 4 aliphatic rings. The number of piperazine rings is 1. The molecule has 0 spiro atoms. The maximum absolute atomic E-state index is 12.6. The average molecular weight is 501 g/mol. The molecule has 2 aromatic rings. The summed E-state index contributed by atoms with van der Waals surface area (Å²) in [7, 11) is 0. The largest absolute Gasteiger partial charge is 0.354 e. The third-order valence-corrected chi connectivity index (χ3v) is 8.83. The van der Waals surface area contributed by atoms with Gasteiger partial charge in [0.25, 0.3) is 11.8 Å². The van der Waals surface area contributed by atoms with E-state index in [2.05, 4.69) is 58.3 Å². The van der Waals surface area contributed by atoms with Crippen molar-refractivity contribution < 1.29 is 9.59 Å². The highest BCUT2D eigenvalue weighted by Crippen LogP contribution is 2.40. The number of rotatable bonds is 5. The van der Waals surface area contributed by atoms with Crippen LogP contribution in [0.3, 0.4) is 0 Å². The van der Waals surface area contributed by atoms with E-state index in [1.165, 1.54) is 20.3 Å². The molecule has 0 atom stereocenters. The number of carbonyl (C=O) groups excluding carboxylic acids is 2. The molecule has 0 aromatic heterocycles. The quantitative estimate of drug-likeness (QED) is 0.433. The van der Waals surface area contributed by atoms with Crippen LogP contribution in [0.2, 0.25) is 0 Å². The molecule has 186 valence electrons. The minimum Gasteiger partial charge on any atom is -0.354 e. The van der Waals surface area contributed by atoms with Gasteiger partial charge in [0.15, 0.2) is 0 Å². The van der Waals surface area contributed by atoms with Crippen LogP contribution in [-0.2, 0) is 9.59 Å². The summed E-state index contributed by atoms with van der Waals surface area (Å²) in [5.74, 6) is 1.03. The second-order valence-corrected chi connectivity index (χ2v) is 11.0. The average Bonchev–Trinajstić information content (AvgIpc) is 3.06. The molecule has 3 heterocycles. The first-order chi connectivity index (χ1) is 17.7. The summed E-state index contributed by atoms with van der Waals surface area (Å²) in [5, 5.41) is 0. The monoisotopic (exact) mass is 500 g/mol. The Bertz CT molecular complexity index is 1220. The number of nitrogens with zero attached hydrogens (tertiary/aromatic N) is 4. The lowest BCUT2D eigenvalue weighted by Gasteiger charge is -2.36. The van der Waals surface area contributed by atoms with Crippen LogP contribution in [-0.4, -0.2) is 71.6 Å². The number of carbonyl (C=O) groups is 2. The Balaban J connectivity index is 1.03. The Morgan fingerprint density at radius 2 is 1.39 bits per heavy atom. The third-order valence-electron chi connectivity index (χ3n) is 7.69. The number of unbranched alkanes of at least 4 members (excludes halogenated alkanes) is 1. The molecule has 1 fully saturated rings. The zero-order chi connectivity index (χ0) is 24.5. The van der Waals surface area contributed by atoms with E-state index in [1.54, 1.807) is 11.8 Å². The van der Waals surface area contributed by atoms with E-state index in [1.807, 2.05) is 0 Å². The molecular weight excluding hydrogens is 468 g/mol. The lowest BCUT2D eigenvalue weighted by atomic mass is 9.93. The number of benzene rings is 2. The fraction of sp³-hybridized carbons (Fsp3) is 0.414. The second-order valence-electron chi connectivity index (χ2n) is 9.96. The number of hydrogen-bond donors (Lipinski definition) is 0. The molecule has 0 N–H and O–H groups in total. The molecule has 2 amide bonds. The molecule has 3 aliphatic heterocycles. The molecule has 2 aromatic carbocycles. The van der Waals surface area contributed by atoms with E-state index in [9.17, 15) is 9.59 Å². The maximum Gasteiger partial charge on any atom is 0.257 e. The van der Waals surface area contributed by atoms with Crippen molar-refractivity contribution in [2.75, 3.05) is 39.3 Å². The maximum atomic E-state index is 12.6. The van der Waals surface area contributed by atoms with E-state index in [0.29, 0.717) is 6.54 Å². The van der Waals surface area contributed by atoms with Crippen LogP contribution in [0, 0.1) is 0 Å². The lowest BCUT2D eigenvalue weighted by Crippen LogP contribution is -2.49. The fourth-order valence-corrected chi connectivity index (χ4v) is 6.71. The summed E-state index contributed by atoms with van der Waals surface area (Å²) >= 11 is 1.80. The van der Waals surface area contributed by atoms with Gasteiger partial charge in [-0.25, -0.2) is 4.99 Å². The van der Waals surface area contributed by atoms with Crippen molar-refractivity contribution in [3.05, 3.63) is 65.2 Å². The highest BCUT2D eigenvalue weighted by atomic mass is 32.2. The Labute approximate surface area is 217 Å². The topological polar surface area (TPSA) is 56.2 Å². The van der Waals surface area contributed by atoms with Crippen LogP contribution in [0.4, 0.5) is 5.69 Å². The molecule has 36 heavy (non-hydrogen) atoms. The number of hydrogen-bond acceptors (Lipinski definition) is 6. The van der Waals surface area contributed by atoms with E-state index >= 15 is 0 Å². The van der Waals surface area contributed by atoms with Crippen LogP contribution in [0.1, 0.15) is 44.1 Å². The third kappa shape index (κ3) is 4.50. The van der Waals surface area contributed by atoms with Gasteiger partial charge >= 0.3 is 0 Å². The summed E-state index contributed by atoms with van der Waals surface area (Å²) in [5.41, 5.74) is 3.85. The number of para-hydroxylation sites is 1. The van der Waals surface area contributed by atoms with E-state index in [-0.39, 0.29) is 11.8 Å². The molecule has 1 aliphatic carbocycles. The summed E-state index contributed by atoms with van der Waals surface area (Å²) in [6.07, 6.45) is 5.48. The van der Waals surface area contributed by atoms with E-state index in [4.69, 9.17) is 4.99 Å². The molecular formula is C29H32N4O2S. The first kappa shape index (κ1) is 23.5. The van der Waals surface area contributed by atoms with Gasteiger partial charge in [0.1, 0.15) is 5.84 Å². The van der Waals surface area contributed by atoms with E-state index in [0.717, 1.165) is 93.9 Å². The number of amides is 2. The van der Waals surface area contributed by atoms with Crippen LogP contribution in [0.5, 0.6) is 0 Å². The van der Waals surface area contributed by atoms with E-state index < -0.39 is 0 Å². The molecule has 0 saturated carbocycles. The van der Waals surface area contributed by atoms with Crippen molar-refractivity contribution >= 4 is 35.1 Å². The Hall–Kier alpha value is -2.90. The van der Waals surface area contributed by atoms with Gasteiger partial charge in [-0.05, 0) is 63.3 Å². The molecule has 0 unspecified atom stereocenters. The highest BCUT2D eigenvalue weighted by Gasteiger charge is 2.38. The fourth-order valence-electron chi connectivity index (χ4n) is 5.70. The highest BCUT2D eigenvalue weighted by molar-refractivity contribution is 7.99. The minimum atomic E-state index is -0.0208. The first-order valence-electron chi connectivity index (χ1n) is 13.2. The van der Waals surface area contributed by atoms with Crippen molar-refractivity contribution in [3.63, 3.8) is 0 Å². The smallest absolute Gasteiger partial charge is 0.257 e.